The van der Waals surface area contributed by atoms with Crippen LogP contribution in [0.15, 0.2) is 18.3 Å². The molecular formula is C15H21N3O3. The summed E-state index contributed by atoms with van der Waals surface area (Å²) in [4.78, 5) is 28.8. The van der Waals surface area contributed by atoms with E-state index in [4.69, 9.17) is 10.5 Å². The van der Waals surface area contributed by atoms with Crippen molar-refractivity contribution in [2.24, 2.45) is 5.73 Å². The summed E-state index contributed by atoms with van der Waals surface area (Å²) >= 11 is 0. The van der Waals surface area contributed by atoms with Gasteiger partial charge in [0.15, 0.2) is 0 Å². The van der Waals surface area contributed by atoms with Crippen LogP contribution in [0.2, 0.25) is 0 Å². The molecule has 0 spiro atoms. The van der Waals surface area contributed by atoms with Crippen LogP contribution in [0.4, 0.5) is 0 Å². The van der Waals surface area contributed by atoms with Gasteiger partial charge in [-0.1, -0.05) is 6.92 Å². The Morgan fingerprint density at radius 2 is 2.33 bits per heavy atom. The van der Waals surface area contributed by atoms with Gasteiger partial charge in [0, 0.05) is 25.2 Å². The summed E-state index contributed by atoms with van der Waals surface area (Å²) in [6.07, 6.45) is 4.69. The highest BCUT2D eigenvalue weighted by Crippen LogP contribution is 2.19. The van der Waals surface area contributed by atoms with Gasteiger partial charge in [-0.05, 0) is 25.3 Å². The number of pyridine rings is 1. The van der Waals surface area contributed by atoms with Gasteiger partial charge in [0.05, 0.1) is 6.54 Å². The predicted molar refractivity (Wildman–Crippen MR) is 77.9 cm³/mol. The van der Waals surface area contributed by atoms with Crippen molar-refractivity contribution in [2.45, 2.75) is 38.7 Å². The van der Waals surface area contributed by atoms with Gasteiger partial charge in [-0.25, -0.2) is 0 Å². The molecule has 6 heteroatoms. The molecule has 0 bridgehead atoms. The second kappa shape index (κ2) is 7.06. The van der Waals surface area contributed by atoms with Crippen molar-refractivity contribution in [1.82, 2.24) is 9.88 Å². The summed E-state index contributed by atoms with van der Waals surface area (Å²) in [6.45, 7) is 3.38. The molecule has 0 aliphatic carbocycles. The maximum Gasteiger partial charge on any atom is 0.267 e. The Bertz CT molecular complexity index is 519. The molecule has 0 saturated carbocycles. The first-order chi connectivity index (χ1) is 10.1. The number of hydrogen-bond acceptors (Lipinski definition) is 4. The Labute approximate surface area is 124 Å². The summed E-state index contributed by atoms with van der Waals surface area (Å²) < 4.78 is 5.86. The van der Waals surface area contributed by atoms with Crippen molar-refractivity contribution in [1.29, 1.82) is 0 Å². The highest BCUT2D eigenvalue weighted by Gasteiger charge is 2.24. The van der Waals surface area contributed by atoms with E-state index in [0.717, 1.165) is 25.8 Å². The number of nitrogens with two attached hydrogens (primary N) is 1. The van der Waals surface area contributed by atoms with E-state index in [1.807, 2.05) is 11.8 Å². The Morgan fingerprint density at radius 1 is 1.52 bits per heavy atom. The molecule has 2 heterocycles. The quantitative estimate of drug-likeness (QED) is 0.887. The molecule has 1 atom stereocenters. The second-order valence-electron chi connectivity index (χ2n) is 5.21. The summed E-state index contributed by atoms with van der Waals surface area (Å²) in [5.74, 6) is 0.163. The first kappa shape index (κ1) is 15.3. The minimum Gasteiger partial charge on any atom is -0.488 e. The maximum absolute atomic E-state index is 11.9. The van der Waals surface area contributed by atoms with E-state index < -0.39 is 5.91 Å². The van der Waals surface area contributed by atoms with E-state index >= 15 is 0 Å². The largest absolute Gasteiger partial charge is 0.488 e. The molecule has 1 saturated heterocycles. The van der Waals surface area contributed by atoms with Crippen LogP contribution in [-0.4, -0.2) is 40.9 Å². The van der Waals surface area contributed by atoms with Crippen molar-refractivity contribution in [2.75, 3.05) is 13.1 Å². The van der Waals surface area contributed by atoms with Gasteiger partial charge >= 0.3 is 0 Å². The van der Waals surface area contributed by atoms with Crippen LogP contribution >= 0.6 is 0 Å². The van der Waals surface area contributed by atoms with E-state index in [1.54, 1.807) is 6.07 Å². The lowest BCUT2D eigenvalue weighted by Crippen LogP contribution is -2.44. The van der Waals surface area contributed by atoms with Gasteiger partial charge in [-0.2, -0.15) is 0 Å². The second-order valence-corrected chi connectivity index (χ2v) is 5.21. The van der Waals surface area contributed by atoms with E-state index in [2.05, 4.69) is 4.98 Å². The molecule has 2 N–H and O–H groups in total. The van der Waals surface area contributed by atoms with Crippen LogP contribution in [-0.2, 0) is 4.79 Å². The average molecular weight is 291 g/mol. The number of primary amides is 1. The number of ether oxygens (including phenoxy) is 1. The van der Waals surface area contributed by atoms with Crippen molar-refractivity contribution in [3.63, 3.8) is 0 Å². The zero-order valence-corrected chi connectivity index (χ0v) is 12.2. The van der Waals surface area contributed by atoms with Crippen LogP contribution in [0.1, 0.15) is 43.1 Å². The van der Waals surface area contributed by atoms with Crippen LogP contribution < -0.4 is 10.5 Å². The molecule has 0 aromatic carbocycles. The number of carbonyl (C=O) groups excluding carboxylic acids is 2. The lowest BCUT2D eigenvalue weighted by atomic mass is 10.1. The van der Waals surface area contributed by atoms with E-state index in [-0.39, 0.29) is 17.7 Å². The van der Waals surface area contributed by atoms with E-state index in [9.17, 15) is 9.59 Å². The van der Waals surface area contributed by atoms with Gasteiger partial charge in [-0.3, -0.25) is 14.6 Å². The fourth-order valence-electron chi connectivity index (χ4n) is 2.44. The summed E-state index contributed by atoms with van der Waals surface area (Å²) in [5.41, 5.74) is 5.38. The normalized spacial score (nSPS) is 18.3. The third-order valence-corrected chi connectivity index (χ3v) is 3.48. The first-order valence-electron chi connectivity index (χ1n) is 7.30. The molecule has 2 amide bonds. The first-order valence-corrected chi connectivity index (χ1v) is 7.30. The molecule has 0 radical (unpaired) electrons. The Balaban J connectivity index is 1.97. The summed E-state index contributed by atoms with van der Waals surface area (Å²) in [5, 5.41) is 0. The minimum absolute atomic E-state index is 0.0531. The van der Waals surface area contributed by atoms with Crippen molar-refractivity contribution in [3.8, 4) is 5.75 Å². The Morgan fingerprint density at radius 3 is 3.05 bits per heavy atom. The van der Waals surface area contributed by atoms with Crippen molar-refractivity contribution >= 4 is 11.8 Å². The number of likely N-dealkylation sites (tertiary alicyclic amines) is 1. The average Bonchev–Trinajstić information content (AvgIpc) is 2.48. The summed E-state index contributed by atoms with van der Waals surface area (Å²) in [6, 6.07) is 3.23. The zero-order chi connectivity index (χ0) is 15.2. The molecule has 21 heavy (non-hydrogen) atoms. The van der Waals surface area contributed by atoms with Crippen LogP contribution in [0.3, 0.4) is 0 Å². The number of amides is 2. The highest BCUT2D eigenvalue weighted by atomic mass is 16.5. The van der Waals surface area contributed by atoms with Crippen LogP contribution in [0.25, 0.3) is 0 Å². The van der Waals surface area contributed by atoms with Gasteiger partial charge in [0.2, 0.25) is 5.91 Å². The molecule has 1 aromatic heterocycles. The molecule has 114 valence electrons. The highest BCUT2D eigenvalue weighted by molar-refractivity contribution is 5.91. The third kappa shape index (κ3) is 4.18. The number of rotatable bonds is 5. The maximum atomic E-state index is 11.9. The molecule has 1 unspecified atom stereocenters. The summed E-state index contributed by atoms with van der Waals surface area (Å²) in [7, 11) is 0. The zero-order valence-electron chi connectivity index (χ0n) is 12.2. The fourth-order valence-corrected chi connectivity index (χ4v) is 2.44. The Kier molecular flexibility index (Phi) is 5.14. The number of aromatic nitrogens is 1. The molecule has 1 fully saturated rings. The molecule has 2 rings (SSSR count). The third-order valence-electron chi connectivity index (χ3n) is 3.48. The topological polar surface area (TPSA) is 85.5 Å². The van der Waals surface area contributed by atoms with Crippen molar-refractivity contribution < 1.29 is 14.3 Å². The number of carbonyl (C=O) groups is 2. The lowest BCUT2D eigenvalue weighted by molar-refractivity contribution is -0.133. The predicted octanol–water partition coefficient (Wildman–Crippen LogP) is 1.35. The molecule has 6 nitrogen and oxygen atoms in total. The molecular weight excluding hydrogens is 270 g/mol. The molecule has 1 aliphatic rings. The van der Waals surface area contributed by atoms with Gasteiger partial charge in [-0.15, -0.1) is 0 Å². The van der Waals surface area contributed by atoms with E-state index in [1.165, 1.54) is 12.3 Å². The van der Waals surface area contributed by atoms with Crippen molar-refractivity contribution in [3.05, 3.63) is 24.0 Å². The van der Waals surface area contributed by atoms with E-state index in [0.29, 0.717) is 18.7 Å². The van der Waals surface area contributed by atoms with Crippen LogP contribution in [0, 0.1) is 0 Å². The van der Waals surface area contributed by atoms with Gasteiger partial charge in [0.1, 0.15) is 17.5 Å². The number of hydrogen-bond donors (Lipinski definition) is 1. The fraction of sp³-hybridized carbons (Fsp3) is 0.533. The smallest absolute Gasteiger partial charge is 0.267 e. The van der Waals surface area contributed by atoms with Gasteiger partial charge < -0.3 is 15.4 Å². The number of nitrogens with zero attached hydrogens (tertiary/aromatic N) is 2. The SMILES string of the molecule is CCCC(=O)N1CCCC(Oc2ccnc(C(N)=O)c2)C1. The van der Waals surface area contributed by atoms with Gasteiger partial charge in [0.25, 0.3) is 5.91 Å². The Hall–Kier alpha value is -2.11. The number of piperidine rings is 1. The lowest BCUT2D eigenvalue weighted by Gasteiger charge is -2.33. The molecule has 1 aromatic rings. The van der Waals surface area contributed by atoms with Crippen LogP contribution in [0.5, 0.6) is 5.75 Å². The molecule has 1 aliphatic heterocycles. The minimum atomic E-state index is -0.580. The monoisotopic (exact) mass is 291 g/mol. The standard InChI is InChI=1S/C15H21N3O3/c1-2-4-14(19)18-8-3-5-12(10-18)21-11-6-7-17-13(9-11)15(16)20/h6-7,9,12H,2-5,8,10H2,1H3,(H2,16,20).